The van der Waals surface area contributed by atoms with Gasteiger partial charge in [-0.05, 0) is 109 Å². The van der Waals surface area contributed by atoms with Crippen molar-refractivity contribution in [1.82, 2.24) is 10.6 Å². The molecule has 0 radical (unpaired) electrons. The molecule has 6 aliphatic rings. The molecule has 6 saturated carbocycles. The molecule has 0 aromatic heterocycles. The molecule has 0 spiro atoms. The van der Waals surface area contributed by atoms with E-state index in [2.05, 4.69) is 37.2 Å². The Labute approximate surface area is 223 Å². The molecule has 6 fully saturated rings. The number of alkyl halides is 5. The molecule has 5 nitrogen and oxygen atoms in total. The van der Waals surface area contributed by atoms with Crippen LogP contribution in [0.5, 0.6) is 0 Å². The molecule has 0 heterocycles. The standard InChI is InChI=1S/C14H24BrNO2.C11H15BrF3NO/c1-12(2,3)18-11(17)16-10-13-4-7-14(15,8-5-13)9-6-13;12-10-4-1-9(2-5-10,3-6-10)7-16-8(17)11(13,14)15/h4-10H2,1-3H3,(H,16,17);1-7H2,(H,16,17). The maximum Gasteiger partial charge on any atom is 0.471 e. The predicted molar refractivity (Wildman–Crippen MR) is 137 cm³/mol. The van der Waals surface area contributed by atoms with Gasteiger partial charge in [-0.3, -0.25) is 4.79 Å². The van der Waals surface area contributed by atoms with Gasteiger partial charge in [0.15, 0.2) is 0 Å². The summed E-state index contributed by atoms with van der Waals surface area (Å²) in [4.78, 5) is 22.5. The summed E-state index contributed by atoms with van der Waals surface area (Å²) >= 11 is 7.57. The molecule has 0 saturated heterocycles. The van der Waals surface area contributed by atoms with Crippen molar-refractivity contribution in [3.8, 4) is 0 Å². The van der Waals surface area contributed by atoms with E-state index in [4.69, 9.17) is 4.74 Å². The van der Waals surface area contributed by atoms with Crippen LogP contribution in [0.3, 0.4) is 0 Å². The summed E-state index contributed by atoms with van der Waals surface area (Å²) in [6.45, 7) is 6.61. The Morgan fingerprint density at radius 3 is 1.37 bits per heavy atom. The third kappa shape index (κ3) is 7.99. The summed E-state index contributed by atoms with van der Waals surface area (Å²) < 4.78 is 42.2. The van der Waals surface area contributed by atoms with Crippen LogP contribution >= 0.6 is 31.9 Å². The van der Waals surface area contributed by atoms with Crippen LogP contribution in [0.15, 0.2) is 0 Å². The molecular formula is C25H39Br2F3N2O3. The highest BCUT2D eigenvalue weighted by Gasteiger charge is 2.49. The number of hydrogen-bond acceptors (Lipinski definition) is 3. The van der Waals surface area contributed by atoms with Crippen molar-refractivity contribution >= 4 is 43.9 Å². The molecule has 6 rings (SSSR count). The fraction of sp³-hybridized carbons (Fsp3) is 0.920. The van der Waals surface area contributed by atoms with Crippen molar-refractivity contribution in [2.75, 3.05) is 13.1 Å². The Bertz CT molecular complexity index is 749. The van der Waals surface area contributed by atoms with Gasteiger partial charge in [0, 0.05) is 21.7 Å². The van der Waals surface area contributed by atoms with Gasteiger partial charge in [-0.15, -0.1) is 0 Å². The minimum absolute atomic E-state index is 0.101. The first-order valence-electron chi connectivity index (χ1n) is 12.7. The SMILES string of the molecule is CC(C)(C)OC(=O)NCC12CCC(Br)(CC1)CC2.O=C(NCC12CCC(Br)(CC1)CC2)C(F)(F)F. The van der Waals surface area contributed by atoms with E-state index in [0.29, 0.717) is 9.74 Å². The molecule has 2 N–H and O–H groups in total. The van der Waals surface area contributed by atoms with E-state index in [0.717, 1.165) is 45.1 Å². The van der Waals surface area contributed by atoms with Gasteiger partial charge in [-0.2, -0.15) is 13.2 Å². The summed E-state index contributed by atoms with van der Waals surface area (Å²) in [5, 5.41) is 5.00. The van der Waals surface area contributed by atoms with E-state index < -0.39 is 17.7 Å². The van der Waals surface area contributed by atoms with Crippen LogP contribution in [-0.2, 0) is 9.53 Å². The second kappa shape index (κ2) is 10.3. The van der Waals surface area contributed by atoms with E-state index >= 15 is 0 Å². The van der Waals surface area contributed by atoms with Gasteiger partial charge in [0.1, 0.15) is 5.60 Å². The first kappa shape index (κ1) is 29.1. The number of rotatable bonds is 4. The maximum absolute atomic E-state index is 12.1. The summed E-state index contributed by atoms with van der Waals surface area (Å²) in [6.07, 6.45) is 8.00. The molecule has 0 unspecified atom stereocenters. The number of hydrogen-bond donors (Lipinski definition) is 2. The van der Waals surface area contributed by atoms with E-state index in [1.807, 2.05) is 26.1 Å². The topological polar surface area (TPSA) is 67.4 Å². The van der Waals surface area contributed by atoms with Crippen molar-refractivity contribution in [2.24, 2.45) is 10.8 Å². The first-order valence-corrected chi connectivity index (χ1v) is 14.3. The third-order valence-electron chi connectivity index (χ3n) is 8.51. The van der Waals surface area contributed by atoms with Crippen molar-refractivity contribution in [3.05, 3.63) is 0 Å². The average Bonchev–Trinajstić information content (AvgIpc) is 2.77. The van der Waals surface area contributed by atoms with Crippen LogP contribution in [-0.4, -0.2) is 45.5 Å². The molecular weight excluding hydrogens is 593 g/mol. The second-order valence-electron chi connectivity index (χ2n) is 12.3. The highest BCUT2D eigenvalue weighted by molar-refractivity contribution is 9.10. The minimum Gasteiger partial charge on any atom is -0.444 e. The van der Waals surface area contributed by atoms with Crippen LogP contribution in [0.2, 0.25) is 0 Å². The van der Waals surface area contributed by atoms with Crippen LogP contribution in [0.25, 0.3) is 0 Å². The molecule has 2 amide bonds. The van der Waals surface area contributed by atoms with E-state index in [-0.39, 0.29) is 22.4 Å². The van der Waals surface area contributed by atoms with Crippen LogP contribution < -0.4 is 10.6 Å². The Kier molecular flexibility index (Phi) is 8.58. The Hall–Kier alpha value is -0.510. The molecule has 202 valence electrons. The summed E-state index contributed by atoms with van der Waals surface area (Å²) in [6, 6.07) is 0. The highest BCUT2D eigenvalue weighted by Crippen LogP contribution is 2.56. The summed E-state index contributed by atoms with van der Waals surface area (Å²) in [7, 11) is 0. The monoisotopic (exact) mass is 630 g/mol. The molecule has 0 aromatic carbocycles. The van der Waals surface area contributed by atoms with Crippen LogP contribution in [0, 0.1) is 10.8 Å². The fourth-order valence-electron chi connectivity index (χ4n) is 5.91. The predicted octanol–water partition coefficient (Wildman–Crippen LogP) is 7.15. The zero-order valence-corrected chi connectivity index (χ0v) is 24.2. The van der Waals surface area contributed by atoms with E-state index in [1.165, 1.54) is 38.5 Å². The Balaban J connectivity index is 0.000000196. The van der Waals surface area contributed by atoms with Gasteiger partial charge < -0.3 is 15.4 Å². The fourth-order valence-corrected chi connectivity index (χ4v) is 7.10. The minimum atomic E-state index is -4.76. The van der Waals surface area contributed by atoms with Gasteiger partial charge in [0.2, 0.25) is 0 Å². The molecule has 0 atom stereocenters. The summed E-state index contributed by atoms with van der Waals surface area (Å²) in [5.74, 6) is -1.81. The van der Waals surface area contributed by atoms with E-state index in [9.17, 15) is 22.8 Å². The lowest BCUT2D eigenvalue weighted by atomic mass is 9.60. The number of carbonyl (C=O) groups is 2. The Morgan fingerprint density at radius 2 is 1.06 bits per heavy atom. The molecule has 10 heteroatoms. The highest BCUT2D eigenvalue weighted by atomic mass is 79.9. The van der Waals surface area contributed by atoms with Crippen LogP contribution in [0.4, 0.5) is 18.0 Å². The molecule has 6 aliphatic carbocycles. The van der Waals surface area contributed by atoms with Crippen LogP contribution in [0.1, 0.15) is 97.8 Å². The first-order chi connectivity index (χ1) is 16.0. The van der Waals surface area contributed by atoms with E-state index in [1.54, 1.807) is 0 Å². The number of ether oxygens (including phenoxy) is 1. The van der Waals surface area contributed by atoms with Gasteiger partial charge in [0.25, 0.3) is 0 Å². The summed E-state index contributed by atoms with van der Waals surface area (Å²) in [5.41, 5.74) is -0.186. The zero-order chi connectivity index (χ0) is 26.2. The smallest absolute Gasteiger partial charge is 0.444 e. The number of amides is 2. The number of alkyl carbamates (subject to hydrolysis) is 1. The largest absolute Gasteiger partial charge is 0.471 e. The number of carbonyl (C=O) groups excluding carboxylic acids is 2. The Morgan fingerprint density at radius 1 is 0.714 bits per heavy atom. The van der Waals surface area contributed by atoms with Gasteiger partial charge in [0.05, 0.1) is 0 Å². The molecule has 35 heavy (non-hydrogen) atoms. The van der Waals surface area contributed by atoms with Crippen molar-refractivity contribution < 1.29 is 27.5 Å². The number of fused-ring (bicyclic) bond motifs is 6. The lowest BCUT2D eigenvalue weighted by Gasteiger charge is -2.51. The zero-order valence-electron chi connectivity index (χ0n) is 21.0. The number of nitrogens with one attached hydrogen (secondary N) is 2. The van der Waals surface area contributed by atoms with Gasteiger partial charge in [-0.25, -0.2) is 4.79 Å². The molecule has 0 aliphatic heterocycles. The normalized spacial score (nSPS) is 36.1. The average molecular weight is 632 g/mol. The van der Waals surface area contributed by atoms with Crippen molar-refractivity contribution in [1.29, 1.82) is 0 Å². The van der Waals surface area contributed by atoms with Gasteiger partial charge in [-0.1, -0.05) is 31.9 Å². The second-order valence-corrected chi connectivity index (χ2v) is 15.7. The lowest BCUT2D eigenvalue weighted by molar-refractivity contribution is -0.174. The number of halogens is 5. The maximum atomic E-state index is 12.1. The molecule has 4 bridgehead atoms. The van der Waals surface area contributed by atoms with Gasteiger partial charge >= 0.3 is 18.2 Å². The van der Waals surface area contributed by atoms with Crippen molar-refractivity contribution in [2.45, 2.75) is 118 Å². The quantitative estimate of drug-likeness (QED) is 0.324. The molecule has 0 aromatic rings. The third-order valence-corrected chi connectivity index (χ3v) is 10.9. The van der Waals surface area contributed by atoms with Crippen molar-refractivity contribution in [3.63, 3.8) is 0 Å². The lowest BCUT2D eigenvalue weighted by Crippen LogP contribution is -2.50.